The first-order chi connectivity index (χ1) is 12.4. The Kier molecular flexibility index (Phi) is 3.83. The van der Waals surface area contributed by atoms with E-state index in [1.807, 2.05) is 42.5 Å². The van der Waals surface area contributed by atoms with Gasteiger partial charge in [-0.25, -0.2) is 0 Å². The van der Waals surface area contributed by atoms with Gasteiger partial charge < -0.3 is 10.2 Å². The van der Waals surface area contributed by atoms with Gasteiger partial charge in [0.05, 0.1) is 6.61 Å². The maximum Gasteiger partial charge on any atom is 0.178 e. The van der Waals surface area contributed by atoms with Crippen molar-refractivity contribution in [1.29, 1.82) is 0 Å². The van der Waals surface area contributed by atoms with Gasteiger partial charge in [-0.2, -0.15) is 0 Å². The highest BCUT2D eigenvalue weighted by molar-refractivity contribution is 6.98. The van der Waals surface area contributed by atoms with Gasteiger partial charge in [0.1, 0.15) is 13.8 Å². The number of rotatable bonds is 2. The Morgan fingerprint density at radius 3 is 2.54 bits per heavy atom. The van der Waals surface area contributed by atoms with E-state index >= 15 is 0 Å². The van der Waals surface area contributed by atoms with Crippen molar-refractivity contribution >= 4 is 24.6 Å². The second-order valence-electron chi connectivity index (χ2n) is 7.25. The summed E-state index contributed by atoms with van der Waals surface area (Å²) >= 11 is 0. The van der Waals surface area contributed by atoms with Crippen LogP contribution in [0.2, 0.25) is 13.1 Å². The van der Waals surface area contributed by atoms with Crippen LogP contribution in [-0.4, -0.2) is 24.1 Å². The van der Waals surface area contributed by atoms with Gasteiger partial charge in [-0.15, -0.1) is 0 Å². The van der Waals surface area contributed by atoms with E-state index in [0.717, 1.165) is 38.2 Å². The molecule has 0 spiro atoms. The van der Waals surface area contributed by atoms with Crippen LogP contribution in [0.5, 0.6) is 5.75 Å². The molecule has 0 fully saturated rings. The molecule has 130 valence electrons. The van der Waals surface area contributed by atoms with Crippen molar-refractivity contribution in [2.75, 3.05) is 0 Å². The fraction of sp³-hybridized carbons (Fsp3) is 0.136. The molecule has 2 N–H and O–H groups in total. The molecule has 0 saturated carbocycles. The van der Waals surface area contributed by atoms with Gasteiger partial charge in [0.15, 0.2) is 5.78 Å². The molecule has 0 radical (unpaired) electrons. The lowest BCUT2D eigenvalue weighted by Crippen LogP contribution is -2.49. The summed E-state index contributed by atoms with van der Waals surface area (Å²) in [6.45, 7) is 4.36. The summed E-state index contributed by atoms with van der Waals surface area (Å²) in [5.41, 5.74) is 4.96. The molecule has 2 aliphatic rings. The van der Waals surface area contributed by atoms with Gasteiger partial charge in [0.25, 0.3) is 0 Å². The predicted octanol–water partition coefficient (Wildman–Crippen LogP) is 3.22. The number of carbonyl (C=O) groups is 1. The van der Waals surface area contributed by atoms with Gasteiger partial charge in [0, 0.05) is 0 Å². The van der Waals surface area contributed by atoms with Crippen molar-refractivity contribution in [3.8, 4) is 5.75 Å². The number of phenolic OH excluding ortho intramolecular Hbond substituents is 1. The first kappa shape index (κ1) is 16.8. The Morgan fingerprint density at radius 2 is 1.77 bits per heavy atom. The van der Waals surface area contributed by atoms with Gasteiger partial charge in [0.2, 0.25) is 0 Å². The molecule has 2 aromatic carbocycles. The van der Waals surface area contributed by atoms with E-state index in [1.165, 1.54) is 0 Å². The van der Waals surface area contributed by atoms with Gasteiger partial charge >= 0.3 is 0 Å². The van der Waals surface area contributed by atoms with Gasteiger partial charge in [-0.1, -0.05) is 49.5 Å². The summed E-state index contributed by atoms with van der Waals surface area (Å²) in [7, 11) is -2.14. The molecule has 0 amide bonds. The lowest BCUT2D eigenvalue weighted by atomic mass is 9.87. The summed E-state index contributed by atoms with van der Waals surface area (Å²) in [6, 6.07) is 13.3. The zero-order valence-electron chi connectivity index (χ0n) is 14.8. The zero-order valence-corrected chi connectivity index (χ0v) is 15.8. The average molecular weight is 360 g/mol. The van der Waals surface area contributed by atoms with Crippen LogP contribution in [0.3, 0.4) is 0 Å². The summed E-state index contributed by atoms with van der Waals surface area (Å²) < 4.78 is 0. The van der Waals surface area contributed by atoms with Crippen LogP contribution in [0.15, 0.2) is 71.5 Å². The quantitative estimate of drug-likeness (QED) is 0.809. The summed E-state index contributed by atoms with van der Waals surface area (Å²) in [5.74, 6) is 0.239. The van der Waals surface area contributed by atoms with Crippen molar-refractivity contribution in [2.45, 2.75) is 19.7 Å². The third kappa shape index (κ3) is 2.42. The largest absolute Gasteiger partial charge is 0.508 e. The Labute approximate surface area is 153 Å². The van der Waals surface area contributed by atoms with E-state index in [2.05, 4.69) is 13.1 Å². The van der Waals surface area contributed by atoms with Crippen LogP contribution in [-0.2, 0) is 11.4 Å². The molecule has 0 aromatic heterocycles. The number of aliphatic hydroxyl groups is 1. The molecule has 1 aliphatic carbocycles. The van der Waals surface area contributed by atoms with Crippen LogP contribution >= 0.6 is 0 Å². The zero-order chi connectivity index (χ0) is 18.5. The first-order valence-corrected chi connectivity index (χ1v) is 11.7. The third-order valence-electron chi connectivity index (χ3n) is 5.34. The molecule has 4 heteroatoms. The molecule has 26 heavy (non-hydrogen) atoms. The molecule has 4 rings (SSSR count). The molecule has 2 aromatic rings. The van der Waals surface area contributed by atoms with Crippen molar-refractivity contribution in [3.63, 3.8) is 0 Å². The van der Waals surface area contributed by atoms with Crippen molar-refractivity contribution < 1.29 is 15.0 Å². The molecule has 0 unspecified atom stereocenters. The highest BCUT2D eigenvalue weighted by Gasteiger charge is 2.40. The maximum absolute atomic E-state index is 12.1. The normalized spacial score (nSPS) is 17.7. The lowest BCUT2D eigenvalue weighted by Gasteiger charge is -2.37. The highest BCUT2D eigenvalue weighted by atomic mass is 28.3. The number of hydrogen-bond acceptors (Lipinski definition) is 3. The first-order valence-electron chi connectivity index (χ1n) is 8.65. The van der Waals surface area contributed by atoms with Crippen LogP contribution in [0.4, 0.5) is 0 Å². The van der Waals surface area contributed by atoms with Crippen LogP contribution < -0.4 is 5.19 Å². The number of ketones is 1. The van der Waals surface area contributed by atoms with Crippen LogP contribution in [0.25, 0.3) is 5.57 Å². The third-order valence-corrected chi connectivity index (χ3v) is 8.86. The van der Waals surface area contributed by atoms with E-state index < -0.39 is 8.07 Å². The molecular formula is C22H20O3Si. The minimum atomic E-state index is -2.14. The van der Waals surface area contributed by atoms with Crippen LogP contribution in [0, 0.1) is 0 Å². The lowest BCUT2D eigenvalue weighted by molar-refractivity contribution is -0.110. The fourth-order valence-electron chi connectivity index (χ4n) is 4.01. The van der Waals surface area contributed by atoms with Crippen molar-refractivity contribution in [1.82, 2.24) is 0 Å². The average Bonchev–Trinajstić information content (AvgIpc) is 2.63. The Balaban J connectivity index is 2.13. The SMILES string of the molecule is C[Si]1(C)C2=CC(=O)C=CC2=C(c2ccccc2CO)c2ccc(O)cc21. The smallest absolute Gasteiger partial charge is 0.178 e. The monoisotopic (exact) mass is 360 g/mol. The van der Waals surface area contributed by atoms with Crippen LogP contribution in [0.1, 0.15) is 16.7 Å². The maximum atomic E-state index is 12.1. The molecule has 0 saturated heterocycles. The van der Waals surface area contributed by atoms with Gasteiger partial charge in [-0.05, 0) is 62.5 Å². The Bertz CT molecular complexity index is 1030. The Hall–Kier alpha value is -2.69. The number of phenols is 1. The Morgan fingerprint density at radius 1 is 1.00 bits per heavy atom. The van der Waals surface area contributed by atoms with E-state index in [9.17, 15) is 15.0 Å². The number of carbonyl (C=O) groups excluding carboxylic acids is 1. The summed E-state index contributed by atoms with van der Waals surface area (Å²) in [5, 5.41) is 22.1. The second kappa shape index (κ2) is 5.94. The topological polar surface area (TPSA) is 57.5 Å². The second-order valence-corrected chi connectivity index (χ2v) is 11.6. The van der Waals surface area contributed by atoms with E-state index in [1.54, 1.807) is 18.2 Å². The summed E-state index contributed by atoms with van der Waals surface area (Å²) in [4.78, 5) is 12.1. The standard InChI is InChI=1S/C22H20O3Si/c1-26(2)20-11-15(24)7-9-18(20)22(17-6-4-3-5-14(17)13-23)19-10-8-16(25)12-21(19)26/h3-12,23-24H,13H2,1-2H3. The molecular weight excluding hydrogens is 340 g/mol. The van der Waals surface area contributed by atoms with E-state index in [-0.39, 0.29) is 18.1 Å². The molecule has 1 aliphatic heterocycles. The predicted molar refractivity (Wildman–Crippen MR) is 106 cm³/mol. The number of aliphatic hydroxyl groups excluding tert-OH is 1. The molecule has 0 bridgehead atoms. The van der Waals surface area contributed by atoms with E-state index in [4.69, 9.17) is 0 Å². The minimum absolute atomic E-state index is 0.00252. The minimum Gasteiger partial charge on any atom is -0.508 e. The number of aromatic hydroxyl groups is 1. The fourth-order valence-corrected chi connectivity index (χ4v) is 7.07. The van der Waals surface area contributed by atoms with Gasteiger partial charge in [-0.3, -0.25) is 4.79 Å². The number of hydrogen-bond donors (Lipinski definition) is 2. The number of benzene rings is 2. The van der Waals surface area contributed by atoms with E-state index in [0.29, 0.717) is 0 Å². The van der Waals surface area contributed by atoms with Crippen molar-refractivity contribution in [2.24, 2.45) is 0 Å². The van der Waals surface area contributed by atoms with Crippen molar-refractivity contribution in [3.05, 3.63) is 88.2 Å². The molecule has 0 atom stereocenters. The summed E-state index contributed by atoms with van der Waals surface area (Å²) in [6.07, 6.45) is 5.26. The molecule has 3 nitrogen and oxygen atoms in total. The highest BCUT2D eigenvalue weighted by Crippen LogP contribution is 2.42. The molecule has 1 heterocycles. The number of fused-ring (bicyclic) bond motifs is 2. The number of allylic oxidation sites excluding steroid dienone is 5.